The Morgan fingerprint density at radius 1 is 0.509 bits per heavy atom. The first-order chi connectivity index (χ1) is 26.7. The standard InChI is InChI=1S/C39H28N4.C9H7NO.CH3.2Li/c1-2-3-4-8-19-37-40-38(30-13-6-5-7-14-30)42-39(41-37)31-22-20-28(21-23-31)29-24-26-32(27-25-29)43-35-17-11-9-15-33(35)34-16-10-12-18-36(34)43;11-8-5-1-3-7-4-2-6-10-9(7)8;;;/h2-27H,1H2;1-6,11H;1H3;;/q;;-1;2*+1/p-1/b4-3-,19-8+;;;;. The molecule has 0 spiro atoms. The van der Waals surface area contributed by atoms with Gasteiger partial charge in [-0.25, -0.2) is 15.0 Å². The first-order valence-electron chi connectivity index (χ1n) is 17.6. The number of para-hydroxylation sites is 3. The Kier molecular flexibility index (Phi) is 14.4. The van der Waals surface area contributed by atoms with E-state index in [9.17, 15) is 5.11 Å². The number of benzene rings is 6. The quantitative estimate of drug-likeness (QED) is 0.123. The smallest absolute Gasteiger partial charge is 0.871 e. The minimum atomic E-state index is -0.0110. The monoisotopic (exact) mass is 725 g/mol. The third-order valence-corrected chi connectivity index (χ3v) is 9.07. The molecular formula is C49H37Li2N5O. The minimum absolute atomic E-state index is 0. The number of nitrogens with zero attached hydrogens (tertiary/aromatic N) is 5. The van der Waals surface area contributed by atoms with Crippen molar-refractivity contribution in [1.29, 1.82) is 0 Å². The molecule has 0 amide bonds. The molecule has 9 rings (SSSR count). The number of hydrogen-bond donors (Lipinski definition) is 0. The molecule has 0 fully saturated rings. The second-order valence-corrected chi connectivity index (χ2v) is 12.5. The second kappa shape index (κ2) is 19.6. The number of aromatic nitrogens is 5. The maximum Gasteiger partial charge on any atom is 1.00 e. The number of allylic oxidation sites excluding steroid dienone is 4. The van der Waals surface area contributed by atoms with Gasteiger partial charge in [-0.05, 0) is 52.9 Å². The Labute approximate surface area is 357 Å². The molecule has 0 radical (unpaired) electrons. The van der Waals surface area contributed by atoms with Gasteiger partial charge in [0.25, 0.3) is 0 Å². The van der Waals surface area contributed by atoms with Crippen LogP contribution < -0.4 is 42.8 Å². The third kappa shape index (κ3) is 9.25. The van der Waals surface area contributed by atoms with Gasteiger partial charge in [0, 0.05) is 33.8 Å². The summed E-state index contributed by atoms with van der Waals surface area (Å²) in [5.41, 5.74) is 8.26. The van der Waals surface area contributed by atoms with E-state index in [1.54, 1.807) is 18.3 Å². The zero-order valence-electron chi connectivity index (χ0n) is 32.3. The van der Waals surface area contributed by atoms with E-state index in [1.165, 1.54) is 27.9 Å². The second-order valence-electron chi connectivity index (χ2n) is 12.5. The van der Waals surface area contributed by atoms with Crippen molar-refractivity contribution in [2.75, 3.05) is 0 Å². The molecule has 0 saturated carbocycles. The van der Waals surface area contributed by atoms with Crippen molar-refractivity contribution in [3.63, 3.8) is 0 Å². The topological polar surface area (TPSA) is 79.5 Å². The van der Waals surface area contributed by atoms with Gasteiger partial charge in [-0.1, -0.05) is 164 Å². The van der Waals surface area contributed by atoms with Gasteiger partial charge in [-0.15, -0.1) is 0 Å². The van der Waals surface area contributed by atoms with E-state index in [4.69, 9.17) is 9.97 Å². The maximum absolute atomic E-state index is 11.1. The molecule has 266 valence electrons. The predicted octanol–water partition coefficient (Wildman–Crippen LogP) is 5.49. The van der Waals surface area contributed by atoms with Crippen LogP contribution in [0.15, 0.2) is 195 Å². The fourth-order valence-electron chi connectivity index (χ4n) is 6.49. The van der Waals surface area contributed by atoms with Crippen LogP contribution in [0.5, 0.6) is 5.75 Å². The average molecular weight is 726 g/mol. The molecule has 0 N–H and O–H groups in total. The average Bonchev–Trinajstić information content (AvgIpc) is 3.58. The Morgan fingerprint density at radius 2 is 1.05 bits per heavy atom. The van der Waals surface area contributed by atoms with Crippen molar-refractivity contribution in [3.05, 3.63) is 208 Å². The zero-order valence-corrected chi connectivity index (χ0v) is 32.3. The van der Waals surface area contributed by atoms with Crippen molar-refractivity contribution < 1.29 is 42.8 Å². The van der Waals surface area contributed by atoms with Crippen LogP contribution in [0.2, 0.25) is 0 Å². The summed E-state index contributed by atoms with van der Waals surface area (Å²) in [6.07, 6.45) is 10.9. The maximum atomic E-state index is 11.1. The van der Waals surface area contributed by atoms with E-state index in [-0.39, 0.29) is 50.9 Å². The van der Waals surface area contributed by atoms with Crippen molar-refractivity contribution in [1.82, 2.24) is 24.5 Å². The Bertz CT molecular complexity index is 2740. The Morgan fingerprint density at radius 3 is 1.67 bits per heavy atom. The van der Waals surface area contributed by atoms with Crippen molar-refractivity contribution in [2.45, 2.75) is 0 Å². The van der Waals surface area contributed by atoms with Crippen LogP contribution in [0.3, 0.4) is 0 Å². The van der Waals surface area contributed by atoms with Crippen LogP contribution in [0.25, 0.3) is 78.4 Å². The van der Waals surface area contributed by atoms with Gasteiger partial charge in [0.1, 0.15) is 0 Å². The zero-order chi connectivity index (χ0) is 36.7. The van der Waals surface area contributed by atoms with Crippen LogP contribution in [0, 0.1) is 7.43 Å². The van der Waals surface area contributed by atoms with Crippen LogP contribution in [0.1, 0.15) is 5.82 Å². The molecule has 0 aliphatic heterocycles. The normalized spacial score (nSPS) is 10.7. The molecular weight excluding hydrogens is 688 g/mol. The summed E-state index contributed by atoms with van der Waals surface area (Å²) in [6.45, 7) is 3.72. The number of hydrogen-bond acceptors (Lipinski definition) is 5. The molecule has 57 heavy (non-hydrogen) atoms. The van der Waals surface area contributed by atoms with Gasteiger partial charge in [0.2, 0.25) is 0 Å². The summed E-state index contributed by atoms with van der Waals surface area (Å²) in [6, 6.07) is 53.1. The van der Waals surface area contributed by atoms with Crippen molar-refractivity contribution in [2.24, 2.45) is 0 Å². The van der Waals surface area contributed by atoms with Gasteiger partial charge in [0.05, 0.1) is 16.6 Å². The summed E-state index contributed by atoms with van der Waals surface area (Å²) in [5.74, 6) is 1.86. The van der Waals surface area contributed by atoms with Gasteiger partial charge in [-0.3, -0.25) is 4.98 Å². The van der Waals surface area contributed by atoms with E-state index < -0.39 is 0 Å². The molecule has 0 atom stereocenters. The molecule has 3 heterocycles. The van der Waals surface area contributed by atoms with Gasteiger partial charge < -0.3 is 17.1 Å². The van der Waals surface area contributed by atoms with E-state index >= 15 is 0 Å². The van der Waals surface area contributed by atoms with E-state index in [0.29, 0.717) is 23.0 Å². The largest absolute Gasteiger partial charge is 1.00 e. The first-order valence-corrected chi connectivity index (χ1v) is 17.6. The molecule has 0 unspecified atom stereocenters. The molecule has 6 nitrogen and oxygen atoms in total. The Hall–Kier alpha value is -6.25. The van der Waals surface area contributed by atoms with E-state index in [2.05, 4.69) is 118 Å². The Balaban J connectivity index is 0.000000382. The molecule has 0 saturated heterocycles. The predicted molar refractivity (Wildman–Crippen MR) is 226 cm³/mol. The summed E-state index contributed by atoms with van der Waals surface area (Å²) in [4.78, 5) is 18.2. The molecule has 0 bridgehead atoms. The molecule has 9 aromatic rings. The van der Waals surface area contributed by atoms with Crippen molar-refractivity contribution in [3.8, 4) is 45.3 Å². The minimum Gasteiger partial charge on any atom is -0.871 e. The molecule has 6 aromatic carbocycles. The summed E-state index contributed by atoms with van der Waals surface area (Å²) in [5, 5.41) is 14.5. The fraction of sp³-hybridized carbons (Fsp3) is 0. The number of rotatable bonds is 7. The van der Waals surface area contributed by atoms with E-state index in [0.717, 1.165) is 33.3 Å². The summed E-state index contributed by atoms with van der Waals surface area (Å²) in [7, 11) is 0. The SMILES string of the molecule is C=C/C=C\C=C\c1nc(-c2ccccc2)nc(-c2ccc(-c3ccc(-n4c5ccccc5c5ccccc54)cc3)cc2)n1.[CH3-].[Li+].[Li+].[O-]c1cccc2cccnc12. The van der Waals surface area contributed by atoms with Crippen LogP contribution in [-0.2, 0) is 0 Å². The molecule has 3 aromatic heterocycles. The summed E-state index contributed by atoms with van der Waals surface area (Å²) < 4.78 is 2.34. The van der Waals surface area contributed by atoms with E-state index in [1.807, 2.05) is 72.8 Å². The van der Waals surface area contributed by atoms with Crippen LogP contribution in [-0.4, -0.2) is 24.5 Å². The van der Waals surface area contributed by atoms with Crippen LogP contribution in [0.4, 0.5) is 0 Å². The first kappa shape index (κ1) is 41.9. The number of pyridine rings is 1. The number of fused-ring (bicyclic) bond motifs is 4. The van der Waals surface area contributed by atoms with Crippen molar-refractivity contribution >= 4 is 38.8 Å². The molecule has 0 aliphatic rings. The summed E-state index contributed by atoms with van der Waals surface area (Å²) >= 11 is 0. The van der Waals surface area contributed by atoms with Gasteiger partial charge in [0.15, 0.2) is 17.5 Å². The fourth-order valence-corrected chi connectivity index (χ4v) is 6.49. The van der Waals surface area contributed by atoms with Gasteiger partial charge in [-0.2, -0.15) is 0 Å². The van der Waals surface area contributed by atoms with Crippen LogP contribution >= 0.6 is 0 Å². The third-order valence-electron chi connectivity index (χ3n) is 9.07. The van der Waals surface area contributed by atoms with Gasteiger partial charge >= 0.3 is 37.7 Å². The molecule has 0 aliphatic carbocycles. The molecule has 8 heteroatoms.